The minimum Gasteiger partial charge on any atom is -0.392 e. The Labute approximate surface area is 84.4 Å². The van der Waals surface area contributed by atoms with Gasteiger partial charge in [0.05, 0.1) is 19.3 Å². The summed E-state index contributed by atoms with van der Waals surface area (Å²) >= 11 is 0. The third-order valence-corrected chi connectivity index (χ3v) is 2.98. The Kier molecular flexibility index (Phi) is 3.72. The predicted molar refractivity (Wildman–Crippen MR) is 45.7 cm³/mol. The van der Waals surface area contributed by atoms with Crippen LogP contribution in [-0.2, 0) is 16.6 Å². The predicted octanol–water partition coefficient (Wildman–Crippen LogP) is -0.555. The van der Waals surface area contributed by atoms with Gasteiger partial charge in [0.25, 0.3) is 16.4 Å². The molecular weight excluding hydrogens is 232 g/mol. The zero-order valence-electron chi connectivity index (χ0n) is 7.44. The molecule has 0 bridgehead atoms. The van der Waals surface area contributed by atoms with Crippen molar-refractivity contribution in [3.63, 3.8) is 0 Å². The number of aliphatic hydroxyl groups is 1. The molecule has 0 aliphatic rings. The van der Waals surface area contributed by atoms with E-state index in [0.29, 0.717) is 0 Å². The van der Waals surface area contributed by atoms with Gasteiger partial charge in [0.15, 0.2) is 5.03 Å². The monoisotopic (exact) mass is 241 g/mol. The molecule has 0 saturated carbocycles. The molecule has 0 radical (unpaired) electrons. The van der Waals surface area contributed by atoms with E-state index < -0.39 is 34.6 Å². The highest BCUT2D eigenvalue weighted by Crippen LogP contribution is 2.11. The summed E-state index contributed by atoms with van der Waals surface area (Å²) in [5, 5.41) is 13.9. The Morgan fingerprint density at radius 2 is 2.27 bits per heavy atom. The zero-order valence-corrected chi connectivity index (χ0v) is 8.26. The first kappa shape index (κ1) is 12.0. The second-order valence-corrected chi connectivity index (χ2v) is 4.33. The van der Waals surface area contributed by atoms with Gasteiger partial charge in [-0.05, 0) is 0 Å². The summed E-state index contributed by atoms with van der Waals surface area (Å²) in [5.74, 6) is 0. The number of rotatable bonds is 5. The Bertz CT molecular complexity index is 417. The van der Waals surface area contributed by atoms with Crippen molar-refractivity contribution in [2.45, 2.75) is 18.1 Å². The smallest absolute Gasteiger partial charge is 0.258 e. The van der Waals surface area contributed by atoms with Crippen LogP contribution < -0.4 is 4.72 Å². The van der Waals surface area contributed by atoms with Crippen molar-refractivity contribution in [3.05, 3.63) is 11.8 Å². The second-order valence-electron chi connectivity index (χ2n) is 2.63. The van der Waals surface area contributed by atoms with Crippen molar-refractivity contribution >= 4 is 10.0 Å². The summed E-state index contributed by atoms with van der Waals surface area (Å²) in [6.07, 6.45) is -1.67. The molecule has 6 nitrogen and oxygen atoms in total. The van der Waals surface area contributed by atoms with Crippen LogP contribution in [0.25, 0.3) is 0 Å². The first-order chi connectivity index (χ1) is 6.97. The van der Waals surface area contributed by atoms with Gasteiger partial charge in [-0.15, -0.1) is 0 Å². The number of aliphatic hydroxyl groups excluding tert-OH is 1. The van der Waals surface area contributed by atoms with Crippen LogP contribution in [-0.4, -0.2) is 36.7 Å². The Morgan fingerprint density at radius 3 is 2.80 bits per heavy atom. The van der Waals surface area contributed by atoms with Crippen molar-refractivity contribution in [2.75, 3.05) is 6.54 Å². The number of sulfonamides is 1. The molecule has 0 atom stereocenters. The van der Waals surface area contributed by atoms with E-state index in [1.165, 1.54) is 0 Å². The highest BCUT2D eigenvalue weighted by Gasteiger charge is 2.21. The molecule has 1 rings (SSSR count). The SMILES string of the molecule is O=S(=O)(NCC(F)F)c1[nH]ncc1CO. The normalized spacial score (nSPS) is 12.3. The zero-order chi connectivity index (χ0) is 11.5. The number of aromatic amines is 1. The summed E-state index contributed by atoms with van der Waals surface area (Å²) < 4.78 is 48.0. The van der Waals surface area contributed by atoms with Gasteiger partial charge >= 0.3 is 0 Å². The molecule has 1 aromatic rings. The molecule has 86 valence electrons. The Balaban J connectivity index is 2.86. The molecule has 0 aliphatic carbocycles. The third-order valence-electron chi connectivity index (χ3n) is 1.54. The molecule has 1 heterocycles. The van der Waals surface area contributed by atoms with Crippen LogP contribution >= 0.6 is 0 Å². The van der Waals surface area contributed by atoms with E-state index in [-0.39, 0.29) is 5.56 Å². The summed E-state index contributed by atoms with van der Waals surface area (Å²) in [4.78, 5) is 0. The average molecular weight is 241 g/mol. The van der Waals surface area contributed by atoms with Crippen molar-refractivity contribution < 1.29 is 22.3 Å². The average Bonchev–Trinajstić information content (AvgIpc) is 2.63. The molecule has 0 spiro atoms. The molecule has 0 saturated heterocycles. The van der Waals surface area contributed by atoms with Gasteiger partial charge in [-0.25, -0.2) is 21.9 Å². The Hall–Kier alpha value is -1.06. The highest BCUT2D eigenvalue weighted by atomic mass is 32.2. The minimum absolute atomic E-state index is 0.0248. The maximum absolute atomic E-state index is 11.8. The standard InChI is InChI=1S/C6H9F2N3O3S/c7-5(8)2-10-15(13,14)6-4(3-12)1-9-11-6/h1,5,10,12H,2-3H2,(H,9,11). The number of nitrogens with zero attached hydrogens (tertiary/aromatic N) is 1. The topological polar surface area (TPSA) is 95.1 Å². The van der Waals surface area contributed by atoms with Gasteiger partial charge < -0.3 is 5.11 Å². The fourth-order valence-corrected chi connectivity index (χ4v) is 2.01. The van der Waals surface area contributed by atoms with Crippen molar-refractivity contribution in [1.29, 1.82) is 0 Å². The molecule has 0 unspecified atom stereocenters. The molecule has 0 amide bonds. The Morgan fingerprint density at radius 1 is 1.60 bits per heavy atom. The first-order valence-electron chi connectivity index (χ1n) is 3.88. The van der Waals surface area contributed by atoms with Crippen LogP contribution in [0.1, 0.15) is 5.56 Å². The summed E-state index contributed by atoms with van der Waals surface area (Å²) in [5.41, 5.74) is 0.0248. The molecular formula is C6H9F2N3O3S. The molecule has 0 fully saturated rings. The maximum Gasteiger partial charge on any atom is 0.258 e. The highest BCUT2D eigenvalue weighted by molar-refractivity contribution is 7.89. The molecule has 1 aromatic heterocycles. The first-order valence-corrected chi connectivity index (χ1v) is 5.36. The number of H-pyrrole nitrogens is 1. The third kappa shape index (κ3) is 2.94. The van der Waals surface area contributed by atoms with Crippen molar-refractivity contribution in [1.82, 2.24) is 14.9 Å². The lowest BCUT2D eigenvalue weighted by Crippen LogP contribution is -2.29. The van der Waals surface area contributed by atoms with Crippen LogP contribution in [0.15, 0.2) is 11.2 Å². The molecule has 9 heteroatoms. The molecule has 3 N–H and O–H groups in total. The van der Waals surface area contributed by atoms with Gasteiger partial charge in [0.2, 0.25) is 0 Å². The maximum atomic E-state index is 11.8. The lowest BCUT2D eigenvalue weighted by molar-refractivity contribution is 0.153. The fourth-order valence-electron chi connectivity index (χ4n) is 0.889. The number of halogens is 2. The van der Waals surface area contributed by atoms with Crippen LogP contribution in [0.4, 0.5) is 8.78 Å². The van der Waals surface area contributed by atoms with Crippen molar-refractivity contribution in [2.24, 2.45) is 0 Å². The number of aromatic nitrogens is 2. The van der Waals surface area contributed by atoms with E-state index in [0.717, 1.165) is 6.20 Å². The largest absolute Gasteiger partial charge is 0.392 e. The van der Waals surface area contributed by atoms with E-state index in [1.807, 2.05) is 0 Å². The summed E-state index contributed by atoms with van der Waals surface area (Å²) in [6, 6.07) is 0. The van der Waals surface area contributed by atoms with Gasteiger partial charge in [-0.1, -0.05) is 0 Å². The number of alkyl halides is 2. The van der Waals surface area contributed by atoms with E-state index in [9.17, 15) is 17.2 Å². The molecule has 15 heavy (non-hydrogen) atoms. The van der Waals surface area contributed by atoms with Gasteiger partial charge in [-0.2, -0.15) is 5.10 Å². The van der Waals surface area contributed by atoms with E-state index in [1.54, 1.807) is 4.72 Å². The van der Waals surface area contributed by atoms with Crippen LogP contribution in [0, 0.1) is 0 Å². The lowest BCUT2D eigenvalue weighted by atomic mass is 10.4. The summed E-state index contributed by atoms with van der Waals surface area (Å²) in [6.45, 7) is -1.52. The molecule has 0 aliphatic heterocycles. The fraction of sp³-hybridized carbons (Fsp3) is 0.500. The van der Waals surface area contributed by atoms with E-state index in [2.05, 4.69) is 10.2 Å². The van der Waals surface area contributed by atoms with Crippen LogP contribution in [0.2, 0.25) is 0 Å². The van der Waals surface area contributed by atoms with Gasteiger partial charge in [0.1, 0.15) is 0 Å². The molecule has 0 aromatic carbocycles. The minimum atomic E-state index is -4.06. The summed E-state index contributed by atoms with van der Waals surface area (Å²) in [7, 11) is -4.06. The van der Waals surface area contributed by atoms with E-state index >= 15 is 0 Å². The number of nitrogens with one attached hydrogen (secondary N) is 2. The van der Waals surface area contributed by atoms with Crippen LogP contribution in [0.3, 0.4) is 0 Å². The van der Waals surface area contributed by atoms with Gasteiger partial charge in [0, 0.05) is 5.56 Å². The van der Waals surface area contributed by atoms with Gasteiger partial charge in [-0.3, -0.25) is 5.10 Å². The second kappa shape index (κ2) is 4.64. The van der Waals surface area contributed by atoms with Crippen LogP contribution in [0.5, 0.6) is 0 Å². The van der Waals surface area contributed by atoms with Crippen molar-refractivity contribution in [3.8, 4) is 0 Å². The number of hydrogen-bond donors (Lipinski definition) is 3. The lowest BCUT2D eigenvalue weighted by Gasteiger charge is -2.04. The number of hydrogen-bond acceptors (Lipinski definition) is 4. The van der Waals surface area contributed by atoms with E-state index in [4.69, 9.17) is 5.11 Å². The quantitative estimate of drug-likeness (QED) is 0.644.